The van der Waals surface area contributed by atoms with Gasteiger partial charge in [-0.1, -0.05) is 19.1 Å². The Balaban J connectivity index is 2.78. The monoisotopic (exact) mass is 212 g/mol. The van der Waals surface area contributed by atoms with E-state index in [1.54, 1.807) is 7.11 Å². The predicted octanol–water partition coefficient (Wildman–Crippen LogP) is 2.95. The summed E-state index contributed by atoms with van der Waals surface area (Å²) >= 11 is 5.33. The first-order valence-corrected chi connectivity index (χ1v) is 4.83. The standard InChI is InChI=1S/C11H13ClO2/c1-8(6-11(12)13)9-4-3-5-10(7-9)14-2/h3-5,7-8H,6H2,1-2H3/t8-/m1/s1. The molecule has 76 valence electrons. The summed E-state index contributed by atoms with van der Waals surface area (Å²) in [6.07, 6.45) is 0.356. The molecule has 1 aromatic rings. The summed E-state index contributed by atoms with van der Waals surface area (Å²) in [5, 5.41) is -0.305. The summed E-state index contributed by atoms with van der Waals surface area (Å²) in [7, 11) is 1.62. The van der Waals surface area contributed by atoms with Crippen LogP contribution < -0.4 is 4.74 Å². The van der Waals surface area contributed by atoms with Crippen LogP contribution in [-0.2, 0) is 4.79 Å². The molecule has 0 saturated heterocycles. The molecular formula is C11H13ClO2. The maximum atomic E-state index is 10.7. The van der Waals surface area contributed by atoms with Crippen LogP contribution in [0.2, 0.25) is 0 Å². The summed E-state index contributed by atoms with van der Waals surface area (Å²) in [5.41, 5.74) is 1.07. The zero-order chi connectivity index (χ0) is 10.6. The molecule has 0 bridgehead atoms. The van der Waals surface area contributed by atoms with Crippen molar-refractivity contribution in [1.82, 2.24) is 0 Å². The third-order valence-electron chi connectivity index (χ3n) is 2.13. The van der Waals surface area contributed by atoms with E-state index in [0.29, 0.717) is 6.42 Å². The molecule has 0 heterocycles. The molecule has 0 fully saturated rings. The zero-order valence-corrected chi connectivity index (χ0v) is 9.04. The quantitative estimate of drug-likeness (QED) is 0.718. The summed E-state index contributed by atoms with van der Waals surface area (Å²) in [6, 6.07) is 7.67. The molecule has 2 nitrogen and oxygen atoms in total. The van der Waals surface area contributed by atoms with E-state index >= 15 is 0 Å². The average molecular weight is 213 g/mol. The molecule has 0 amide bonds. The van der Waals surface area contributed by atoms with Crippen molar-refractivity contribution in [3.63, 3.8) is 0 Å². The van der Waals surface area contributed by atoms with E-state index in [4.69, 9.17) is 16.3 Å². The Morgan fingerprint density at radius 1 is 1.57 bits per heavy atom. The van der Waals surface area contributed by atoms with Gasteiger partial charge in [0.05, 0.1) is 7.11 Å². The highest BCUT2D eigenvalue weighted by Crippen LogP contribution is 2.23. The Morgan fingerprint density at radius 3 is 2.86 bits per heavy atom. The summed E-state index contributed by atoms with van der Waals surface area (Å²) in [5.74, 6) is 0.937. The first kappa shape index (κ1) is 11.1. The third-order valence-corrected chi connectivity index (χ3v) is 2.28. The normalized spacial score (nSPS) is 12.2. The van der Waals surface area contributed by atoms with E-state index in [-0.39, 0.29) is 11.2 Å². The third kappa shape index (κ3) is 3.04. The van der Waals surface area contributed by atoms with Crippen molar-refractivity contribution in [2.75, 3.05) is 7.11 Å². The minimum absolute atomic E-state index is 0.134. The smallest absolute Gasteiger partial charge is 0.222 e. The number of halogens is 1. The Bertz CT molecular complexity index is 323. The van der Waals surface area contributed by atoms with E-state index in [1.807, 2.05) is 31.2 Å². The lowest BCUT2D eigenvalue weighted by molar-refractivity contribution is -0.111. The lowest BCUT2D eigenvalue weighted by atomic mass is 9.98. The van der Waals surface area contributed by atoms with E-state index in [0.717, 1.165) is 11.3 Å². The van der Waals surface area contributed by atoms with Crippen molar-refractivity contribution in [2.45, 2.75) is 19.3 Å². The van der Waals surface area contributed by atoms with Crippen LogP contribution in [0.3, 0.4) is 0 Å². The largest absolute Gasteiger partial charge is 0.497 e. The van der Waals surface area contributed by atoms with Gasteiger partial charge in [0.15, 0.2) is 0 Å². The molecule has 0 aromatic heterocycles. The number of ether oxygens (including phenoxy) is 1. The zero-order valence-electron chi connectivity index (χ0n) is 8.29. The summed E-state index contributed by atoms with van der Waals surface area (Å²) < 4.78 is 5.09. The van der Waals surface area contributed by atoms with Crippen LogP contribution >= 0.6 is 11.6 Å². The number of hydrogen-bond donors (Lipinski definition) is 0. The molecule has 0 aliphatic rings. The molecule has 0 unspecified atom stereocenters. The second-order valence-corrected chi connectivity index (χ2v) is 3.66. The van der Waals surface area contributed by atoms with Gasteiger partial charge in [-0.3, -0.25) is 4.79 Å². The van der Waals surface area contributed by atoms with Crippen molar-refractivity contribution in [3.05, 3.63) is 29.8 Å². The molecule has 3 heteroatoms. The topological polar surface area (TPSA) is 26.3 Å². The summed E-state index contributed by atoms with van der Waals surface area (Å²) in [4.78, 5) is 10.7. The van der Waals surface area contributed by atoms with E-state index in [1.165, 1.54) is 0 Å². The first-order valence-electron chi connectivity index (χ1n) is 4.45. The fourth-order valence-electron chi connectivity index (χ4n) is 1.31. The molecule has 0 radical (unpaired) electrons. The van der Waals surface area contributed by atoms with Gasteiger partial charge in [-0.05, 0) is 35.2 Å². The lowest BCUT2D eigenvalue weighted by Crippen LogP contribution is -1.98. The summed E-state index contributed by atoms with van der Waals surface area (Å²) in [6.45, 7) is 1.97. The highest BCUT2D eigenvalue weighted by atomic mass is 35.5. The molecular weight excluding hydrogens is 200 g/mol. The van der Waals surface area contributed by atoms with Crippen molar-refractivity contribution >= 4 is 16.8 Å². The molecule has 0 spiro atoms. The Labute approximate surface area is 88.8 Å². The van der Waals surface area contributed by atoms with Gasteiger partial charge >= 0.3 is 0 Å². The molecule has 14 heavy (non-hydrogen) atoms. The van der Waals surface area contributed by atoms with Gasteiger partial charge in [0.1, 0.15) is 5.75 Å². The van der Waals surface area contributed by atoms with Crippen LogP contribution in [-0.4, -0.2) is 12.4 Å². The maximum Gasteiger partial charge on any atom is 0.222 e. The van der Waals surface area contributed by atoms with Crippen molar-refractivity contribution in [3.8, 4) is 5.75 Å². The van der Waals surface area contributed by atoms with E-state index in [2.05, 4.69) is 0 Å². The number of hydrogen-bond acceptors (Lipinski definition) is 2. The first-order chi connectivity index (χ1) is 6.63. The SMILES string of the molecule is COc1cccc([C@H](C)CC(=O)Cl)c1. The van der Waals surface area contributed by atoms with Gasteiger partial charge in [-0.2, -0.15) is 0 Å². The van der Waals surface area contributed by atoms with E-state index in [9.17, 15) is 4.79 Å². The Kier molecular flexibility index (Phi) is 3.96. The number of rotatable bonds is 4. The van der Waals surface area contributed by atoms with Crippen LogP contribution in [0, 0.1) is 0 Å². The lowest BCUT2D eigenvalue weighted by Gasteiger charge is -2.10. The Hall–Kier alpha value is -1.02. The van der Waals surface area contributed by atoms with Crippen molar-refractivity contribution in [1.29, 1.82) is 0 Å². The number of carbonyl (C=O) groups is 1. The molecule has 0 aliphatic heterocycles. The minimum atomic E-state index is -0.305. The highest BCUT2D eigenvalue weighted by molar-refractivity contribution is 6.63. The van der Waals surface area contributed by atoms with E-state index < -0.39 is 0 Å². The van der Waals surface area contributed by atoms with Crippen molar-refractivity contribution < 1.29 is 9.53 Å². The Morgan fingerprint density at radius 2 is 2.29 bits per heavy atom. The predicted molar refractivity (Wildman–Crippen MR) is 56.9 cm³/mol. The number of methoxy groups -OCH3 is 1. The van der Waals surface area contributed by atoms with Gasteiger partial charge in [-0.25, -0.2) is 0 Å². The van der Waals surface area contributed by atoms with Crippen LogP contribution in [0.4, 0.5) is 0 Å². The highest BCUT2D eigenvalue weighted by Gasteiger charge is 2.09. The minimum Gasteiger partial charge on any atom is -0.497 e. The van der Waals surface area contributed by atoms with Gasteiger partial charge in [0, 0.05) is 6.42 Å². The van der Waals surface area contributed by atoms with Gasteiger partial charge in [0.25, 0.3) is 0 Å². The average Bonchev–Trinajstić information content (AvgIpc) is 2.17. The maximum absolute atomic E-state index is 10.7. The van der Waals surface area contributed by atoms with Crippen molar-refractivity contribution in [2.24, 2.45) is 0 Å². The van der Waals surface area contributed by atoms with Crippen LogP contribution in [0.1, 0.15) is 24.8 Å². The van der Waals surface area contributed by atoms with Crippen LogP contribution in [0.5, 0.6) is 5.75 Å². The fourth-order valence-corrected chi connectivity index (χ4v) is 1.54. The molecule has 0 aliphatic carbocycles. The number of benzene rings is 1. The van der Waals surface area contributed by atoms with Gasteiger partial charge in [-0.15, -0.1) is 0 Å². The molecule has 1 rings (SSSR count). The van der Waals surface area contributed by atoms with Gasteiger partial charge in [0.2, 0.25) is 5.24 Å². The molecule has 0 saturated carbocycles. The fraction of sp³-hybridized carbons (Fsp3) is 0.364. The number of carbonyl (C=O) groups excluding carboxylic acids is 1. The second-order valence-electron chi connectivity index (χ2n) is 3.24. The van der Waals surface area contributed by atoms with Gasteiger partial charge < -0.3 is 4.74 Å². The molecule has 1 atom stereocenters. The molecule has 0 N–H and O–H groups in total. The van der Waals surface area contributed by atoms with Crippen LogP contribution in [0.25, 0.3) is 0 Å². The molecule has 1 aromatic carbocycles. The second kappa shape index (κ2) is 5.01. The van der Waals surface area contributed by atoms with Crippen LogP contribution in [0.15, 0.2) is 24.3 Å².